The molecule has 2 aliphatic rings. The molecular weight excluding hydrogens is 450 g/mol. The largest absolute Gasteiger partial charge is 0.469 e. The number of amides is 2. The van der Waals surface area contributed by atoms with Gasteiger partial charge in [0.15, 0.2) is 5.78 Å². The third-order valence-corrected chi connectivity index (χ3v) is 6.79. The van der Waals surface area contributed by atoms with Crippen LogP contribution in [0.2, 0.25) is 0 Å². The van der Waals surface area contributed by atoms with E-state index in [1.165, 1.54) is 0 Å². The lowest BCUT2D eigenvalue weighted by Crippen LogP contribution is -2.41. The number of para-hydroxylation sites is 3. The Bertz CT molecular complexity index is 1430. The molecule has 0 saturated heterocycles. The molecule has 2 unspecified atom stereocenters. The predicted octanol–water partition coefficient (Wildman–Crippen LogP) is 6.89. The number of benzene rings is 3. The van der Waals surface area contributed by atoms with Gasteiger partial charge in [0.25, 0.3) is 0 Å². The van der Waals surface area contributed by atoms with E-state index in [1.54, 1.807) is 11.2 Å². The molecule has 0 bridgehead atoms. The van der Waals surface area contributed by atoms with Crippen LogP contribution in [-0.2, 0) is 4.79 Å². The number of hydrogen-bond acceptors (Lipinski definition) is 4. The van der Waals surface area contributed by atoms with Gasteiger partial charge in [-0.1, -0.05) is 60.7 Å². The molecule has 2 N–H and O–H groups in total. The lowest BCUT2D eigenvalue weighted by molar-refractivity contribution is -0.116. The fourth-order valence-electron chi connectivity index (χ4n) is 5.19. The molecule has 2 amide bonds. The first-order chi connectivity index (χ1) is 17.7. The van der Waals surface area contributed by atoms with Crippen LogP contribution in [0.1, 0.15) is 36.1 Å². The average molecular weight is 476 g/mol. The van der Waals surface area contributed by atoms with Crippen molar-refractivity contribution < 1.29 is 14.0 Å². The number of hydrogen-bond donors (Lipinski definition) is 2. The molecule has 0 saturated carbocycles. The Labute approximate surface area is 209 Å². The van der Waals surface area contributed by atoms with Gasteiger partial charge in [0.05, 0.1) is 23.7 Å². The summed E-state index contributed by atoms with van der Waals surface area (Å²) < 4.78 is 5.66. The minimum absolute atomic E-state index is 0.00400. The second-order valence-corrected chi connectivity index (χ2v) is 9.06. The summed E-state index contributed by atoms with van der Waals surface area (Å²) in [6, 6.07) is 29.7. The molecule has 1 aliphatic heterocycles. The number of anilines is 3. The van der Waals surface area contributed by atoms with Crippen molar-refractivity contribution in [1.29, 1.82) is 0 Å². The fraction of sp³-hybridized carbons (Fsp3) is 0.133. The van der Waals surface area contributed by atoms with Crippen LogP contribution in [0.25, 0.3) is 0 Å². The monoisotopic (exact) mass is 475 g/mol. The molecule has 0 fully saturated rings. The summed E-state index contributed by atoms with van der Waals surface area (Å²) in [4.78, 5) is 29.5. The van der Waals surface area contributed by atoms with Crippen molar-refractivity contribution in [3.63, 3.8) is 0 Å². The number of nitrogens with one attached hydrogen (secondary N) is 2. The molecule has 0 spiro atoms. The van der Waals surface area contributed by atoms with Crippen molar-refractivity contribution in [2.24, 2.45) is 0 Å². The summed E-state index contributed by atoms with van der Waals surface area (Å²) >= 11 is 0. The van der Waals surface area contributed by atoms with E-state index in [0.29, 0.717) is 29.8 Å². The normalized spacial score (nSPS) is 19.1. The second-order valence-electron chi connectivity index (χ2n) is 9.06. The van der Waals surface area contributed by atoms with E-state index in [2.05, 4.69) is 10.6 Å². The number of allylic oxidation sites excluding steroid dienone is 1. The van der Waals surface area contributed by atoms with E-state index in [4.69, 9.17) is 4.42 Å². The highest BCUT2D eigenvalue weighted by molar-refractivity contribution is 6.09. The Morgan fingerprint density at radius 1 is 0.861 bits per heavy atom. The molecule has 2 atom stereocenters. The number of ketones is 1. The minimum atomic E-state index is -0.592. The van der Waals surface area contributed by atoms with Crippen LogP contribution in [0, 0.1) is 0 Å². The lowest BCUT2D eigenvalue weighted by Gasteiger charge is -2.34. The Morgan fingerprint density at radius 3 is 2.33 bits per heavy atom. The van der Waals surface area contributed by atoms with Crippen molar-refractivity contribution in [2.75, 3.05) is 15.5 Å². The van der Waals surface area contributed by atoms with Crippen LogP contribution in [0.5, 0.6) is 0 Å². The van der Waals surface area contributed by atoms with Crippen molar-refractivity contribution in [2.45, 2.75) is 24.8 Å². The number of fused-ring (bicyclic) bond motifs is 1. The Hall–Kier alpha value is -4.58. The van der Waals surface area contributed by atoms with Crippen molar-refractivity contribution >= 4 is 28.9 Å². The topological polar surface area (TPSA) is 74.6 Å². The van der Waals surface area contributed by atoms with E-state index in [0.717, 1.165) is 22.7 Å². The van der Waals surface area contributed by atoms with E-state index in [1.807, 2.05) is 97.1 Å². The van der Waals surface area contributed by atoms with Gasteiger partial charge in [0.1, 0.15) is 5.76 Å². The summed E-state index contributed by atoms with van der Waals surface area (Å²) in [6.45, 7) is 0. The van der Waals surface area contributed by atoms with Gasteiger partial charge in [-0.05, 0) is 48.4 Å². The Balaban J connectivity index is 1.52. The molecule has 2 heterocycles. The summed E-state index contributed by atoms with van der Waals surface area (Å²) in [5, 5.41) is 6.56. The molecular formula is C30H25N3O3. The smallest absolute Gasteiger partial charge is 0.327 e. The number of urea groups is 1. The number of nitrogens with zero attached hydrogens (tertiary/aromatic N) is 1. The molecule has 6 heteroatoms. The molecule has 36 heavy (non-hydrogen) atoms. The number of rotatable bonds is 3. The first-order valence-electron chi connectivity index (χ1n) is 12.0. The highest BCUT2D eigenvalue weighted by atomic mass is 16.3. The Morgan fingerprint density at radius 2 is 1.58 bits per heavy atom. The van der Waals surface area contributed by atoms with Crippen molar-refractivity contribution in [3.05, 3.63) is 126 Å². The van der Waals surface area contributed by atoms with Gasteiger partial charge in [-0.25, -0.2) is 4.79 Å². The first kappa shape index (κ1) is 21.9. The number of furan rings is 1. The van der Waals surface area contributed by atoms with Crippen molar-refractivity contribution in [3.8, 4) is 0 Å². The van der Waals surface area contributed by atoms with E-state index in [-0.39, 0.29) is 17.7 Å². The zero-order valence-corrected chi connectivity index (χ0v) is 19.6. The summed E-state index contributed by atoms with van der Waals surface area (Å²) in [6.07, 6.45) is 2.57. The highest BCUT2D eigenvalue weighted by Gasteiger charge is 2.42. The SMILES string of the molecule is O=C1CC(c2ccco2)CC2=C1C(c1ccccc1)N(C(=O)Nc1ccccc1)c1ccccc1N2. The highest BCUT2D eigenvalue weighted by Crippen LogP contribution is 2.47. The third kappa shape index (κ3) is 3.96. The van der Waals surface area contributed by atoms with E-state index < -0.39 is 6.04 Å². The number of Topliss-reactive ketones (excluding diaryl/α,β-unsaturated/α-hetero) is 1. The van der Waals surface area contributed by atoms with Gasteiger partial charge in [0, 0.05) is 29.3 Å². The zero-order valence-electron chi connectivity index (χ0n) is 19.6. The standard InChI is InChI=1S/C30H25N3O3/c34-26-19-21(27-16-9-17-36-27)18-24-28(26)29(20-10-3-1-4-11-20)33(25-15-8-7-14-23(25)32-24)30(35)31-22-12-5-2-6-13-22/h1-17,21,29,32H,18-19H2,(H,31,35). The molecule has 178 valence electrons. The van der Waals surface area contributed by atoms with Crippen molar-refractivity contribution in [1.82, 2.24) is 0 Å². The van der Waals surface area contributed by atoms with Gasteiger partial charge < -0.3 is 15.1 Å². The maximum atomic E-state index is 13.9. The molecule has 4 aromatic rings. The minimum Gasteiger partial charge on any atom is -0.469 e. The van der Waals surface area contributed by atoms with Crippen LogP contribution >= 0.6 is 0 Å². The molecule has 6 rings (SSSR count). The zero-order chi connectivity index (χ0) is 24.5. The summed E-state index contributed by atoms with van der Waals surface area (Å²) in [7, 11) is 0. The quantitative estimate of drug-likeness (QED) is 0.338. The summed E-state index contributed by atoms with van der Waals surface area (Å²) in [5.74, 6) is 0.737. The van der Waals surface area contributed by atoms with Gasteiger partial charge in [0.2, 0.25) is 0 Å². The third-order valence-electron chi connectivity index (χ3n) is 6.79. The fourth-order valence-corrected chi connectivity index (χ4v) is 5.19. The lowest BCUT2D eigenvalue weighted by atomic mass is 9.80. The van der Waals surface area contributed by atoms with Gasteiger partial charge >= 0.3 is 6.03 Å². The molecule has 1 aliphatic carbocycles. The van der Waals surface area contributed by atoms with Gasteiger partial charge in [-0.3, -0.25) is 9.69 Å². The second kappa shape index (κ2) is 9.23. The van der Waals surface area contributed by atoms with Crippen LogP contribution in [0.15, 0.2) is 119 Å². The van der Waals surface area contributed by atoms with E-state index in [9.17, 15) is 9.59 Å². The van der Waals surface area contributed by atoms with Crippen LogP contribution in [-0.4, -0.2) is 11.8 Å². The van der Waals surface area contributed by atoms with Crippen LogP contribution < -0.4 is 15.5 Å². The van der Waals surface area contributed by atoms with Gasteiger partial charge in [-0.15, -0.1) is 0 Å². The number of carbonyl (C=O) groups is 2. The first-order valence-corrected chi connectivity index (χ1v) is 12.0. The van der Waals surface area contributed by atoms with Crippen LogP contribution in [0.4, 0.5) is 21.9 Å². The molecule has 6 nitrogen and oxygen atoms in total. The molecule has 1 aromatic heterocycles. The maximum Gasteiger partial charge on any atom is 0.327 e. The predicted molar refractivity (Wildman–Crippen MR) is 140 cm³/mol. The maximum absolute atomic E-state index is 13.9. The summed E-state index contributed by atoms with van der Waals surface area (Å²) in [5.41, 5.74) is 4.48. The molecule has 3 aromatic carbocycles. The number of carbonyl (C=O) groups excluding carboxylic acids is 2. The Kier molecular flexibility index (Phi) is 5.62. The van der Waals surface area contributed by atoms with Crippen LogP contribution in [0.3, 0.4) is 0 Å². The average Bonchev–Trinajstić information content (AvgIpc) is 3.40. The molecule has 0 radical (unpaired) electrons. The van der Waals surface area contributed by atoms with Gasteiger partial charge in [-0.2, -0.15) is 0 Å². The van der Waals surface area contributed by atoms with E-state index >= 15 is 0 Å².